The predicted molar refractivity (Wildman–Crippen MR) is 109 cm³/mol. The molecule has 0 aliphatic rings. The lowest BCUT2D eigenvalue weighted by atomic mass is 10.1. The van der Waals surface area contributed by atoms with Gasteiger partial charge in [-0.1, -0.05) is 23.7 Å². The van der Waals surface area contributed by atoms with Crippen LogP contribution in [0.2, 0.25) is 5.02 Å². The number of ether oxygens (including phenoxy) is 1. The predicted octanol–water partition coefficient (Wildman–Crippen LogP) is 2.60. The number of nitro benzene ring substituents is 1. The van der Waals surface area contributed by atoms with Gasteiger partial charge in [0.1, 0.15) is 10.6 Å². The van der Waals surface area contributed by atoms with Gasteiger partial charge in [-0.3, -0.25) is 14.9 Å². The van der Waals surface area contributed by atoms with Gasteiger partial charge >= 0.3 is 5.97 Å². The Morgan fingerprint density at radius 2 is 1.90 bits per heavy atom. The number of benzene rings is 2. The molecule has 0 saturated heterocycles. The van der Waals surface area contributed by atoms with Crippen molar-refractivity contribution in [3.05, 3.63) is 62.7 Å². The van der Waals surface area contributed by atoms with Crippen LogP contribution in [0, 0.1) is 17.0 Å². The van der Waals surface area contributed by atoms with E-state index in [1.807, 2.05) is 0 Å². The van der Waals surface area contributed by atoms with Gasteiger partial charge in [0.25, 0.3) is 11.6 Å². The van der Waals surface area contributed by atoms with Crippen molar-refractivity contribution < 1.29 is 27.7 Å². The molecule has 10 nitrogen and oxygen atoms in total. The molecule has 0 unspecified atom stereocenters. The van der Waals surface area contributed by atoms with E-state index in [9.17, 15) is 28.1 Å². The van der Waals surface area contributed by atoms with E-state index in [-0.39, 0.29) is 26.9 Å². The van der Waals surface area contributed by atoms with Crippen molar-refractivity contribution in [3.63, 3.8) is 0 Å². The minimum absolute atomic E-state index is 0.00518. The molecule has 0 saturated carbocycles. The van der Waals surface area contributed by atoms with Crippen molar-refractivity contribution in [2.24, 2.45) is 0 Å². The summed E-state index contributed by atoms with van der Waals surface area (Å²) < 4.78 is 30.4. The van der Waals surface area contributed by atoms with E-state index < -0.39 is 33.4 Å². The molecule has 0 radical (unpaired) electrons. The van der Waals surface area contributed by atoms with Gasteiger partial charge in [-0.25, -0.2) is 17.5 Å². The quantitative estimate of drug-likeness (QED) is 0.385. The maximum absolute atomic E-state index is 12.3. The zero-order chi connectivity index (χ0) is 22.6. The number of hydrogen-bond acceptors (Lipinski definition) is 7. The van der Waals surface area contributed by atoms with E-state index in [2.05, 4.69) is 5.32 Å². The van der Waals surface area contributed by atoms with Crippen LogP contribution >= 0.6 is 11.6 Å². The van der Waals surface area contributed by atoms with E-state index in [1.54, 1.807) is 13.0 Å². The van der Waals surface area contributed by atoms with Crippen molar-refractivity contribution in [1.82, 2.24) is 4.31 Å². The monoisotopic (exact) mass is 455 g/mol. The molecule has 0 fully saturated rings. The number of hydrogen-bond donors (Lipinski definition) is 1. The third-order valence-corrected chi connectivity index (χ3v) is 6.27. The van der Waals surface area contributed by atoms with Gasteiger partial charge in [0, 0.05) is 20.2 Å². The highest BCUT2D eigenvalue weighted by Gasteiger charge is 2.23. The third-order valence-electron chi connectivity index (χ3n) is 3.97. The van der Waals surface area contributed by atoms with Crippen molar-refractivity contribution >= 4 is 44.9 Å². The Balaban J connectivity index is 2.14. The second kappa shape index (κ2) is 9.20. The molecule has 0 heterocycles. The molecular formula is C18H18ClN3O7S. The number of carbonyl (C=O) groups excluding carboxylic acids is 2. The molecule has 1 N–H and O–H groups in total. The van der Waals surface area contributed by atoms with Gasteiger partial charge in [-0.15, -0.1) is 0 Å². The topological polar surface area (TPSA) is 136 Å². The van der Waals surface area contributed by atoms with Gasteiger partial charge in [0.2, 0.25) is 10.0 Å². The fourth-order valence-electron chi connectivity index (χ4n) is 2.38. The summed E-state index contributed by atoms with van der Waals surface area (Å²) >= 11 is 5.93. The van der Waals surface area contributed by atoms with Crippen LogP contribution in [-0.2, 0) is 19.6 Å². The summed E-state index contributed by atoms with van der Waals surface area (Å²) in [5.74, 6) is -1.76. The van der Waals surface area contributed by atoms with Gasteiger partial charge in [0.15, 0.2) is 6.61 Å². The smallest absolute Gasteiger partial charge is 0.338 e. The van der Waals surface area contributed by atoms with E-state index in [0.717, 1.165) is 10.4 Å². The molecule has 2 aromatic carbocycles. The van der Waals surface area contributed by atoms with Gasteiger partial charge in [-0.2, -0.15) is 0 Å². The molecule has 0 aromatic heterocycles. The highest BCUT2D eigenvalue weighted by Crippen LogP contribution is 2.28. The molecule has 2 aromatic rings. The molecule has 12 heteroatoms. The number of nitrogens with zero attached hydrogens (tertiary/aromatic N) is 2. The lowest BCUT2D eigenvalue weighted by Crippen LogP contribution is -2.24. The van der Waals surface area contributed by atoms with Crippen LogP contribution in [-0.4, -0.2) is 50.2 Å². The van der Waals surface area contributed by atoms with Crippen LogP contribution in [0.3, 0.4) is 0 Å². The summed E-state index contributed by atoms with van der Waals surface area (Å²) in [6.45, 7) is 0.845. The third kappa shape index (κ3) is 5.12. The average Bonchev–Trinajstić information content (AvgIpc) is 2.67. The van der Waals surface area contributed by atoms with Gasteiger partial charge in [0.05, 0.1) is 15.5 Å². The Bertz CT molecular complexity index is 1120. The van der Waals surface area contributed by atoms with Crippen molar-refractivity contribution in [1.29, 1.82) is 0 Å². The molecule has 0 aliphatic heterocycles. The van der Waals surface area contributed by atoms with Crippen LogP contribution in [0.4, 0.5) is 11.4 Å². The molecule has 0 spiro atoms. The highest BCUT2D eigenvalue weighted by atomic mass is 35.5. The summed E-state index contributed by atoms with van der Waals surface area (Å²) in [7, 11) is -1.28. The first-order chi connectivity index (χ1) is 13.9. The van der Waals surface area contributed by atoms with Crippen LogP contribution in [0.5, 0.6) is 0 Å². The van der Waals surface area contributed by atoms with E-state index >= 15 is 0 Å². The molecule has 1 amide bonds. The first kappa shape index (κ1) is 23.3. The SMILES string of the molecule is Cc1cccc([N+](=O)[O-])c1NC(=O)COC(=O)c1ccc(Cl)c(S(=O)(=O)N(C)C)c1. The maximum atomic E-state index is 12.3. The number of rotatable bonds is 7. The zero-order valence-electron chi connectivity index (χ0n) is 16.2. The van der Waals surface area contributed by atoms with Crippen molar-refractivity contribution in [3.8, 4) is 0 Å². The molecule has 2 rings (SSSR count). The molecular weight excluding hydrogens is 438 g/mol. The summed E-state index contributed by atoms with van der Waals surface area (Å²) in [5, 5.41) is 13.4. The Hall–Kier alpha value is -3.02. The van der Waals surface area contributed by atoms with Crippen LogP contribution in [0.15, 0.2) is 41.3 Å². The number of amides is 1. The molecule has 0 bridgehead atoms. The maximum Gasteiger partial charge on any atom is 0.338 e. The first-order valence-corrected chi connectivity index (χ1v) is 10.2. The van der Waals surface area contributed by atoms with Gasteiger partial charge < -0.3 is 10.1 Å². The number of sulfonamides is 1. The lowest BCUT2D eigenvalue weighted by molar-refractivity contribution is -0.384. The lowest BCUT2D eigenvalue weighted by Gasteiger charge is -2.13. The molecule has 30 heavy (non-hydrogen) atoms. The number of nitrogens with one attached hydrogen (secondary N) is 1. The minimum Gasteiger partial charge on any atom is -0.452 e. The molecule has 0 aliphatic carbocycles. The highest BCUT2D eigenvalue weighted by molar-refractivity contribution is 7.89. The van der Waals surface area contributed by atoms with Crippen LogP contribution in [0.25, 0.3) is 0 Å². The largest absolute Gasteiger partial charge is 0.452 e. The summed E-state index contributed by atoms with van der Waals surface area (Å²) in [4.78, 5) is 34.5. The number of esters is 1. The second-order valence-electron chi connectivity index (χ2n) is 6.28. The minimum atomic E-state index is -3.90. The average molecular weight is 456 g/mol. The van der Waals surface area contributed by atoms with Crippen molar-refractivity contribution in [2.75, 3.05) is 26.0 Å². The standard InChI is InChI=1S/C18H18ClN3O7S/c1-11-5-4-6-14(22(25)26)17(11)20-16(23)10-29-18(24)12-7-8-13(19)15(9-12)30(27,28)21(2)3/h4-9H,10H2,1-3H3,(H,20,23). The number of halogens is 1. The fraction of sp³-hybridized carbons (Fsp3) is 0.222. The second-order valence-corrected chi connectivity index (χ2v) is 8.81. The normalized spacial score (nSPS) is 11.2. The van der Waals surface area contributed by atoms with E-state index in [4.69, 9.17) is 16.3 Å². The zero-order valence-corrected chi connectivity index (χ0v) is 17.8. The Labute approximate surface area is 177 Å². The number of anilines is 1. The Morgan fingerprint density at radius 3 is 2.50 bits per heavy atom. The van der Waals surface area contributed by atoms with Crippen LogP contribution in [0.1, 0.15) is 15.9 Å². The number of carbonyl (C=O) groups is 2. The summed E-state index contributed by atoms with van der Waals surface area (Å²) in [5.41, 5.74) is 0.0231. The van der Waals surface area contributed by atoms with Gasteiger partial charge in [-0.05, 0) is 30.7 Å². The Kier molecular flexibility index (Phi) is 7.13. The van der Waals surface area contributed by atoms with Crippen LogP contribution < -0.4 is 5.32 Å². The Morgan fingerprint density at radius 1 is 1.23 bits per heavy atom. The number of aryl methyl sites for hydroxylation is 1. The fourth-order valence-corrected chi connectivity index (χ4v) is 3.78. The number of para-hydroxylation sites is 1. The summed E-state index contributed by atoms with van der Waals surface area (Å²) in [6, 6.07) is 7.81. The van der Waals surface area contributed by atoms with E-state index in [0.29, 0.717) is 5.56 Å². The van der Waals surface area contributed by atoms with E-state index in [1.165, 1.54) is 38.4 Å². The molecule has 160 valence electrons. The molecule has 0 atom stereocenters. The van der Waals surface area contributed by atoms with Crippen molar-refractivity contribution in [2.45, 2.75) is 11.8 Å². The first-order valence-electron chi connectivity index (χ1n) is 8.38. The summed E-state index contributed by atoms with van der Waals surface area (Å²) in [6.07, 6.45) is 0. The number of nitro groups is 1.